The summed E-state index contributed by atoms with van der Waals surface area (Å²) in [5.74, 6) is 1.97. The van der Waals surface area contributed by atoms with Gasteiger partial charge in [0.1, 0.15) is 6.61 Å². The van der Waals surface area contributed by atoms with Crippen LogP contribution in [0.2, 0.25) is 0 Å². The molecule has 9 heteroatoms. The van der Waals surface area contributed by atoms with Crippen molar-refractivity contribution in [2.45, 2.75) is 13.5 Å². The van der Waals surface area contributed by atoms with E-state index in [9.17, 15) is 9.59 Å². The van der Waals surface area contributed by atoms with Crippen molar-refractivity contribution in [1.29, 1.82) is 0 Å². The minimum Gasteiger partial charge on any atom is -0.493 e. The standard InChI is InChI=1S/C25H23N3O6/c1-16(29)27-20-7-5-19(6-8-20)25(30)28-26-13-17-3-9-21(23(11-17)31-2)32-14-18-4-10-22-24(12-18)34-15-33-22/h3-13H,14-15H2,1-2H3,(H,27,29)(H,28,30). The van der Waals surface area contributed by atoms with E-state index in [0.717, 1.165) is 11.3 Å². The summed E-state index contributed by atoms with van der Waals surface area (Å²) in [6.45, 7) is 1.97. The summed E-state index contributed by atoms with van der Waals surface area (Å²) < 4.78 is 22.0. The van der Waals surface area contributed by atoms with E-state index in [4.69, 9.17) is 18.9 Å². The number of anilines is 1. The SMILES string of the molecule is COc1cc(C=NNC(=O)c2ccc(NC(C)=O)cc2)ccc1OCc1ccc2c(c1)OCO2. The summed E-state index contributed by atoms with van der Waals surface area (Å²) in [5.41, 5.74) is 5.15. The quantitative estimate of drug-likeness (QED) is 0.391. The van der Waals surface area contributed by atoms with Crippen LogP contribution in [0.15, 0.2) is 65.8 Å². The molecule has 1 aliphatic heterocycles. The molecule has 0 unspecified atom stereocenters. The molecule has 1 aliphatic rings. The lowest BCUT2D eigenvalue weighted by molar-refractivity contribution is -0.114. The second kappa shape index (κ2) is 10.4. The van der Waals surface area contributed by atoms with Gasteiger partial charge in [-0.05, 0) is 65.7 Å². The van der Waals surface area contributed by atoms with Crippen molar-refractivity contribution in [2.75, 3.05) is 19.2 Å². The normalized spacial score (nSPS) is 11.8. The van der Waals surface area contributed by atoms with Crippen LogP contribution in [-0.4, -0.2) is 31.9 Å². The second-order valence-corrected chi connectivity index (χ2v) is 7.34. The van der Waals surface area contributed by atoms with Crippen LogP contribution in [0.5, 0.6) is 23.0 Å². The smallest absolute Gasteiger partial charge is 0.271 e. The van der Waals surface area contributed by atoms with Gasteiger partial charge in [0.25, 0.3) is 5.91 Å². The number of methoxy groups -OCH3 is 1. The summed E-state index contributed by atoms with van der Waals surface area (Å²) in [5, 5.41) is 6.65. The predicted molar refractivity (Wildman–Crippen MR) is 126 cm³/mol. The highest BCUT2D eigenvalue weighted by molar-refractivity contribution is 5.96. The maximum atomic E-state index is 12.3. The van der Waals surface area contributed by atoms with Crippen LogP contribution in [0.4, 0.5) is 5.69 Å². The highest BCUT2D eigenvalue weighted by Gasteiger charge is 2.14. The van der Waals surface area contributed by atoms with Gasteiger partial charge in [-0.2, -0.15) is 5.10 Å². The first-order valence-electron chi connectivity index (χ1n) is 10.4. The number of rotatable bonds is 8. The van der Waals surface area contributed by atoms with Crippen LogP contribution in [-0.2, 0) is 11.4 Å². The molecule has 0 fully saturated rings. The Labute approximate surface area is 196 Å². The molecule has 3 aromatic carbocycles. The van der Waals surface area contributed by atoms with Gasteiger partial charge < -0.3 is 24.3 Å². The molecule has 2 N–H and O–H groups in total. The van der Waals surface area contributed by atoms with Crippen LogP contribution in [0.3, 0.4) is 0 Å². The Kier molecular flexibility index (Phi) is 6.92. The molecule has 0 saturated heterocycles. The van der Waals surface area contributed by atoms with Gasteiger partial charge >= 0.3 is 0 Å². The maximum Gasteiger partial charge on any atom is 0.271 e. The van der Waals surface area contributed by atoms with Gasteiger partial charge in [0.15, 0.2) is 23.0 Å². The molecule has 1 heterocycles. The number of carbonyl (C=O) groups excluding carboxylic acids is 2. The molecule has 0 aliphatic carbocycles. The van der Waals surface area contributed by atoms with Crippen LogP contribution < -0.4 is 29.7 Å². The second-order valence-electron chi connectivity index (χ2n) is 7.34. The molecule has 0 aromatic heterocycles. The molecule has 2 amide bonds. The van der Waals surface area contributed by atoms with Gasteiger partial charge in [0, 0.05) is 18.2 Å². The van der Waals surface area contributed by atoms with Gasteiger partial charge in [0.05, 0.1) is 13.3 Å². The fourth-order valence-electron chi connectivity index (χ4n) is 3.21. The largest absolute Gasteiger partial charge is 0.493 e. The average Bonchev–Trinajstić information content (AvgIpc) is 3.31. The van der Waals surface area contributed by atoms with Crippen LogP contribution in [0.1, 0.15) is 28.4 Å². The maximum absolute atomic E-state index is 12.3. The molecule has 9 nitrogen and oxygen atoms in total. The number of benzene rings is 3. The average molecular weight is 461 g/mol. The molecular formula is C25H23N3O6. The van der Waals surface area contributed by atoms with E-state index in [1.54, 1.807) is 49.6 Å². The fraction of sp³-hybridized carbons (Fsp3) is 0.160. The Morgan fingerprint density at radius 3 is 2.56 bits per heavy atom. The summed E-state index contributed by atoms with van der Waals surface area (Å²) in [4.78, 5) is 23.3. The minimum absolute atomic E-state index is 0.179. The number of hydrogen-bond donors (Lipinski definition) is 2. The number of carbonyl (C=O) groups is 2. The predicted octanol–water partition coefficient (Wildman–Crippen LogP) is 3.73. The molecule has 4 rings (SSSR count). The zero-order chi connectivity index (χ0) is 23.9. The zero-order valence-electron chi connectivity index (χ0n) is 18.7. The number of hydrazone groups is 1. The third kappa shape index (κ3) is 5.63. The van der Waals surface area contributed by atoms with Crippen LogP contribution >= 0.6 is 0 Å². The zero-order valence-corrected chi connectivity index (χ0v) is 18.7. The van der Waals surface area contributed by atoms with Crippen molar-refractivity contribution in [3.63, 3.8) is 0 Å². The molecule has 3 aromatic rings. The van der Waals surface area contributed by atoms with Gasteiger partial charge in [0.2, 0.25) is 12.7 Å². The molecule has 0 spiro atoms. The number of nitrogens with one attached hydrogen (secondary N) is 2. The Balaban J connectivity index is 1.34. The molecule has 34 heavy (non-hydrogen) atoms. The number of amides is 2. The summed E-state index contributed by atoms with van der Waals surface area (Å²) in [7, 11) is 1.55. The molecule has 174 valence electrons. The number of ether oxygens (including phenoxy) is 4. The van der Waals surface area contributed by atoms with E-state index < -0.39 is 0 Å². The van der Waals surface area contributed by atoms with Crippen molar-refractivity contribution in [3.05, 3.63) is 77.4 Å². The molecular weight excluding hydrogens is 438 g/mol. The lowest BCUT2D eigenvalue weighted by Crippen LogP contribution is -2.17. The van der Waals surface area contributed by atoms with Crippen molar-refractivity contribution >= 4 is 23.7 Å². The van der Waals surface area contributed by atoms with E-state index in [-0.39, 0.29) is 18.6 Å². The Hall–Kier alpha value is -4.53. The fourth-order valence-corrected chi connectivity index (χ4v) is 3.21. The topological polar surface area (TPSA) is 107 Å². The minimum atomic E-state index is -0.374. The molecule has 0 atom stereocenters. The van der Waals surface area contributed by atoms with Crippen molar-refractivity contribution in [1.82, 2.24) is 5.43 Å². The Bertz CT molecular complexity index is 1220. The summed E-state index contributed by atoms with van der Waals surface area (Å²) in [6.07, 6.45) is 1.51. The Morgan fingerprint density at radius 1 is 1.00 bits per heavy atom. The van der Waals surface area contributed by atoms with Gasteiger partial charge in [-0.1, -0.05) is 6.07 Å². The first kappa shape index (κ1) is 22.7. The highest BCUT2D eigenvalue weighted by Crippen LogP contribution is 2.33. The first-order chi connectivity index (χ1) is 16.5. The van der Waals surface area contributed by atoms with Gasteiger partial charge in [-0.3, -0.25) is 9.59 Å². The highest BCUT2D eigenvalue weighted by atomic mass is 16.7. The van der Waals surface area contributed by atoms with E-state index in [0.29, 0.717) is 40.7 Å². The third-order valence-corrected chi connectivity index (χ3v) is 4.87. The monoisotopic (exact) mass is 461 g/mol. The van der Waals surface area contributed by atoms with Crippen molar-refractivity contribution < 1.29 is 28.5 Å². The van der Waals surface area contributed by atoms with Crippen molar-refractivity contribution in [2.24, 2.45) is 5.10 Å². The summed E-state index contributed by atoms with van der Waals surface area (Å²) >= 11 is 0. The van der Waals surface area contributed by atoms with Gasteiger partial charge in [-0.15, -0.1) is 0 Å². The summed E-state index contributed by atoms with van der Waals surface area (Å²) in [6, 6.07) is 17.5. The van der Waals surface area contributed by atoms with E-state index in [1.165, 1.54) is 13.1 Å². The molecule has 0 saturated carbocycles. The number of hydrogen-bond acceptors (Lipinski definition) is 7. The van der Waals surface area contributed by atoms with Gasteiger partial charge in [-0.25, -0.2) is 5.43 Å². The first-order valence-corrected chi connectivity index (χ1v) is 10.4. The van der Waals surface area contributed by atoms with E-state index in [1.807, 2.05) is 18.2 Å². The van der Waals surface area contributed by atoms with Crippen LogP contribution in [0, 0.1) is 0 Å². The van der Waals surface area contributed by atoms with E-state index in [2.05, 4.69) is 15.8 Å². The van der Waals surface area contributed by atoms with Crippen molar-refractivity contribution in [3.8, 4) is 23.0 Å². The van der Waals surface area contributed by atoms with Crippen LogP contribution in [0.25, 0.3) is 0 Å². The Morgan fingerprint density at radius 2 is 1.79 bits per heavy atom. The molecule has 0 radical (unpaired) electrons. The third-order valence-electron chi connectivity index (χ3n) is 4.87. The lowest BCUT2D eigenvalue weighted by Gasteiger charge is -2.11. The number of fused-ring (bicyclic) bond motifs is 1. The van der Waals surface area contributed by atoms with E-state index >= 15 is 0 Å². The number of nitrogens with zero attached hydrogens (tertiary/aromatic N) is 1. The lowest BCUT2D eigenvalue weighted by atomic mass is 10.2. The molecule has 0 bridgehead atoms.